The lowest BCUT2D eigenvalue weighted by Gasteiger charge is -1.98. The van der Waals surface area contributed by atoms with Crippen LogP contribution in [0.1, 0.15) is 44.0 Å². The monoisotopic (exact) mass is 211 g/mol. The van der Waals surface area contributed by atoms with Gasteiger partial charge < -0.3 is 5.11 Å². The Kier molecular flexibility index (Phi) is 6.09. The third-order valence-corrected chi connectivity index (χ3v) is 1.63. The molecule has 1 heterocycles. The number of pyridine rings is 1. The minimum absolute atomic E-state index is 0.121. The van der Waals surface area contributed by atoms with Crippen LogP contribution < -0.4 is 5.56 Å². The number of aromatic hydroxyl groups is 1. The van der Waals surface area contributed by atoms with Crippen molar-refractivity contribution >= 4 is 5.78 Å². The van der Waals surface area contributed by atoms with Crippen LogP contribution in [-0.4, -0.2) is 15.9 Å². The zero-order valence-corrected chi connectivity index (χ0v) is 9.33. The number of rotatable bonds is 3. The third kappa shape index (κ3) is 4.44. The highest BCUT2D eigenvalue weighted by Gasteiger charge is 2.06. The average molecular weight is 211 g/mol. The van der Waals surface area contributed by atoms with Gasteiger partial charge in [0.15, 0.2) is 11.7 Å². The Morgan fingerprint density at radius 2 is 2.00 bits per heavy atom. The lowest BCUT2D eigenvalue weighted by atomic mass is 10.1. The normalized spacial score (nSPS) is 9.00. The van der Waals surface area contributed by atoms with E-state index in [4.69, 9.17) is 5.11 Å². The molecule has 0 saturated carbocycles. The maximum atomic E-state index is 11.3. The molecule has 1 aromatic heterocycles. The second-order valence-electron chi connectivity index (χ2n) is 2.79. The highest BCUT2D eigenvalue weighted by atomic mass is 16.3. The predicted molar refractivity (Wildman–Crippen MR) is 59.3 cm³/mol. The molecule has 84 valence electrons. The molecule has 0 spiro atoms. The second kappa shape index (κ2) is 6.81. The van der Waals surface area contributed by atoms with Gasteiger partial charge in [0, 0.05) is 24.1 Å². The van der Waals surface area contributed by atoms with Crippen molar-refractivity contribution in [1.82, 2.24) is 4.98 Å². The maximum Gasteiger partial charge on any atom is 0.251 e. The Labute approximate surface area is 89.0 Å². The summed E-state index contributed by atoms with van der Waals surface area (Å²) in [6.07, 6.45) is 1.12. The molecule has 4 heteroatoms. The Morgan fingerprint density at radius 3 is 2.47 bits per heavy atom. The van der Waals surface area contributed by atoms with Gasteiger partial charge in [-0.15, -0.1) is 0 Å². The van der Waals surface area contributed by atoms with Crippen molar-refractivity contribution in [2.45, 2.75) is 33.6 Å². The first-order chi connectivity index (χ1) is 7.13. The van der Waals surface area contributed by atoms with E-state index in [0.29, 0.717) is 6.42 Å². The molecule has 2 N–H and O–H groups in total. The van der Waals surface area contributed by atoms with E-state index in [0.717, 1.165) is 6.42 Å². The molecule has 0 aliphatic carbocycles. The zero-order chi connectivity index (χ0) is 11.8. The maximum absolute atomic E-state index is 11.3. The van der Waals surface area contributed by atoms with Gasteiger partial charge in [-0.2, -0.15) is 0 Å². The van der Waals surface area contributed by atoms with E-state index in [1.165, 1.54) is 12.1 Å². The van der Waals surface area contributed by atoms with Crippen LogP contribution in [0.3, 0.4) is 0 Å². The molecule has 15 heavy (non-hydrogen) atoms. The van der Waals surface area contributed by atoms with E-state index in [1.807, 2.05) is 20.8 Å². The molecule has 0 unspecified atom stereocenters. The summed E-state index contributed by atoms with van der Waals surface area (Å²) in [4.78, 5) is 24.3. The van der Waals surface area contributed by atoms with Crippen molar-refractivity contribution in [3.63, 3.8) is 0 Å². The summed E-state index contributed by atoms with van der Waals surface area (Å²) in [5.74, 6) is -0.393. The molecule has 0 atom stereocenters. The van der Waals surface area contributed by atoms with Crippen LogP contribution >= 0.6 is 0 Å². The second-order valence-corrected chi connectivity index (χ2v) is 2.79. The van der Waals surface area contributed by atoms with Gasteiger partial charge in [-0.05, 0) is 6.42 Å². The van der Waals surface area contributed by atoms with Gasteiger partial charge in [0.05, 0.1) is 0 Å². The molecule has 0 aliphatic rings. The smallest absolute Gasteiger partial charge is 0.251 e. The average Bonchev–Trinajstić information content (AvgIpc) is 2.20. The van der Waals surface area contributed by atoms with E-state index in [-0.39, 0.29) is 17.2 Å². The van der Waals surface area contributed by atoms with Crippen molar-refractivity contribution in [3.05, 3.63) is 28.0 Å². The summed E-state index contributed by atoms with van der Waals surface area (Å²) < 4.78 is 0. The molecule has 0 aromatic carbocycles. The molecule has 0 amide bonds. The molecule has 0 fully saturated rings. The first kappa shape index (κ1) is 13.4. The van der Waals surface area contributed by atoms with E-state index in [9.17, 15) is 9.59 Å². The Balaban J connectivity index is 0.000000921. The van der Waals surface area contributed by atoms with Crippen molar-refractivity contribution in [2.75, 3.05) is 0 Å². The van der Waals surface area contributed by atoms with Crippen molar-refractivity contribution < 1.29 is 9.90 Å². The van der Waals surface area contributed by atoms with Crippen molar-refractivity contribution in [3.8, 4) is 5.88 Å². The van der Waals surface area contributed by atoms with Crippen LogP contribution in [0.15, 0.2) is 16.9 Å². The van der Waals surface area contributed by atoms with E-state index < -0.39 is 5.56 Å². The fraction of sp³-hybridized carbons (Fsp3) is 0.455. The minimum Gasteiger partial charge on any atom is -0.494 e. The van der Waals surface area contributed by atoms with Gasteiger partial charge >= 0.3 is 0 Å². The summed E-state index contributed by atoms with van der Waals surface area (Å²) in [7, 11) is 0. The molecule has 0 radical (unpaired) electrons. The number of ketones is 1. The van der Waals surface area contributed by atoms with Crippen LogP contribution in [-0.2, 0) is 0 Å². The molecular formula is C11H17NO3. The van der Waals surface area contributed by atoms with Crippen LogP contribution in [0.5, 0.6) is 5.88 Å². The number of hydrogen-bond acceptors (Lipinski definition) is 3. The number of Topliss-reactive ketones (excluding diaryl/α,β-unsaturated/α-hetero) is 1. The molecule has 1 rings (SSSR count). The molecule has 4 nitrogen and oxygen atoms in total. The van der Waals surface area contributed by atoms with Gasteiger partial charge in [0.1, 0.15) is 0 Å². The minimum atomic E-state index is -0.459. The molecule has 0 saturated heterocycles. The first-order valence-corrected chi connectivity index (χ1v) is 5.10. The SMILES string of the molecule is CC.CCCC(=O)c1cc(O)[nH]c(=O)c1. The number of hydrogen-bond donors (Lipinski definition) is 2. The quantitative estimate of drug-likeness (QED) is 0.752. The lowest BCUT2D eigenvalue weighted by molar-refractivity contribution is 0.0981. The van der Waals surface area contributed by atoms with Crippen molar-refractivity contribution in [1.29, 1.82) is 0 Å². The van der Waals surface area contributed by atoms with E-state index in [1.54, 1.807) is 0 Å². The van der Waals surface area contributed by atoms with E-state index >= 15 is 0 Å². The van der Waals surface area contributed by atoms with Crippen molar-refractivity contribution in [2.24, 2.45) is 0 Å². The van der Waals surface area contributed by atoms with Gasteiger partial charge in [-0.25, -0.2) is 0 Å². The molecule has 0 bridgehead atoms. The number of nitrogens with one attached hydrogen (secondary N) is 1. The zero-order valence-electron chi connectivity index (χ0n) is 9.33. The Hall–Kier alpha value is -1.58. The highest BCUT2D eigenvalue weighted by Crippen LogP contribution is 2.07. The summed E-state index contributed by atoms with van der Waals surface area (Å²) in [6, 6.07) is 2.46. The Morgan fingerprint density at radius 1 is 1.40 bits per heavy atom. The third-order valence-electron chi connectivity index (χ3n) is 1.63. The molecule has 0 aliphatic heterocycles. The van der Waals surface area contributed by atoms with Gasteiger partial charge in [0.25, 0.3) is 5.56 Å². The first-order valence-electron chi connectivity index (χ1n) is 5.10. The van der Waals surface area contributed by atoms with Crippen LogP contribution in [0.4, 0.5) is 0 Å². The number of carbonyl (C=O) groups is 1. The fourth-order valence-corrected chi connectivity index (χ4v) is 1.06. The summed E-state index contributed by atoms with van der Waals surface area (Å²) in [6.45, 7) is 5.88. The topological polar surface area (TPSA) is 70.2 Å². The largest absolute Gasteiger partial charge is 0.494 e. The van der Waals surface area contributed by atoms with Crippen LogP contribution in [0, 0.1) is 0 Å². The van der Waals surface area contributed by atoms with Gasteiger partial charge in [-0.3, -0.25) is 14.6 Å². The number of aromatic amines is 1. The Bertz CT molecular complexity index is 368. The van der Waals surface area contributed by atoms with E-state index in [2.05, 4.69) is 4.98 Å². The fourth-order valence-electron chi connectivity index (χ4n) is 1.06. The standard InChI is InChI=1S/C9H11NO3.C2H6/c1-2-3-7(11)6-4-8(12)10-9(13)5-6;1-2/h4-5H,2-3H2,1H3,(H2,10,12,13);1-2H3. The number of aromatic nitrogens is 1. The summed E-state index contributed by atoms with van der Waals surface area (Å²) in [5, 5.41) is 9.00. The molecule has 1 aromatic rings. The summed E-state index contributed by atoms with van der Waals surface area (Å²) in [5.41, 5.74) is -0.192. The predicted octanol–water partition coefficient (Wildman–Crippen LogP) is 2.09. The number of H-pyrrole nitrogens is 1. The lowest BCUT2D eigenvalue weighted by Crippen LogP contribution is -2.08. The van der Waals surface area contributed by atoms with Gasteiger partial charge in [0.2, 0.25) is 0 Å². The van der Waals surface area contributed by atoms with Crippen LogP contribution in [0.2, 0.25) is 0 Å². The summed E-state index contributed by atoms with van der Waals surface area (Å²) >= 11 is 0. The number of carbonyl (C=O) groups excluding carboxylic acids is 1. The van der Waals surface area contributed by atoms with Crippen LogP contribution in [0.25, 0.3) is 0 Å². The van der Waals surface area contributed by atoms with Gasteiger partial charge in [-0.1, -0.05) is 20.8 Å². The molecular weight excluding hydrogens is 194 g/mol. The highest BCUT2D eigenvalue weighted by molar-refractivity contribution is 5.96.